The van der Waals surface area contributed by atoms with Crippen molar-refractivity contribution in [3.8, 4) is 0 Å². The summed E-state index contributed by atoms with van der Waals surface area (Å²) in [4.78, 5) is 22.1. The number of carboxylic acids is 1. The molecule has 0 bridgehead atoms. The van der Waals surface area contributed by atoms with Gasteiger partial charge in [0.1, 0.15) is 5.34 Å². The average molecular weight is 367 g/mol. The molecule has 10 heteroatoms. The van der Waals surface area contributed by atoms with Gasteiger partial charge in [-0.05, 0) is 24.1 Å². The fourth-order valence-corrected chi connectivity index (χ4v) is 3.05. The highest BCUT2D eigenvalue weighted by molar-refractivity contribution is 7.25. The number of rotatable bonds is 8. The van der Waals surface area contributed by atoms with Crippen molar-refractivity contribution < 1.29 is 37.5 Å². The number of hydrogen-bond donors (Lipinski definition) is 3. The maximum atomic E-state index is 12.5. The van der Waals surface area contributed by atoms with Crippen LogP contribution >= 0.6 is 8.46 Å². The summed E-state index contributed by atoms with van der Waals surface area (Å²) < 4.78 is 49.0. The van der Waals surface area contributed by atoms with Gasteiger partial charge >= 0.3 is 12.1 Å². The van der Waals surface area contributed by atoms with Crippen LogP contribution in [-0.4, -0.2) is 27.4 Å². The van der Waals surface area contributed by atoms with E-state index in [9.17, 15) is 37.5 Å². The van der Waals surface area contributed by atoms with E-state index >= 15 is 0 Å². The fraction of sp³-hybridized carbons (Fsp3) is 0.429. The molecule has 1 rings (SSSR count). The van der Waals surface area contributed by atoms with E-state index < -0.39 is 49.8 Å². The lowest BCUT2D eigenvalue weighted by atomic mass is 9.91. The molecule has 0 aliphatic heterocycles. The molecule has 0 fully saturated rings. The monoisotopic (exact) mass is 367 g/mol. The minimum absolute atomic E-state index is 0.194. The van der Waals surface area contributed by atoms with Crippen molar-refractivity contribution in [3.05, 3.63) is 35.4 Å². The number of benzene rings is 1. The molecular formula is C14H17F3NO5P. The Morgan fingerprint density at radius 2 is 1.75 bits per heavy atom. The van der Waals surface area contributed by atoms with Crippen LogP contribution in [-0.2, 0) is 26.8 Å². The Morgan fingerprint density at radius 3 is 2.12 bits per heavy atom. The van der Waals surface area contributed by atoms with Crippen LogP contribution in [0.25, 0.3) is 0 Å². The smallest absolute Gasteiger partial charge is 0.416 e. The first-order valence-corrected chi connectivity index (χ1v) is 7.90. The average Bonchev–Trinajstić information content (AvgIpc) is 2.46. The lowest BCUT2D eigenvalue weighted by molar-refractivity contribution is -0.147. The van der Waals surface area contributed by atoms with E-state index in [1.807, 2.05) is 0 Å². The zero-order valence-corrected chi connectivity index (χ0v) is 13.6. The quantitative estimate of drug-likeness (QED) is 0.604. The van der Waals surface area contributed by atoms with Crippen molar-refractivity contribution >= 4 is 20.3 Å². The molecule has 0 spiro atoms. The van der Waals surface area contributed by atoms with Gasteiger partial charge in [-0.1, -0.05) is 12.1 Å². The fourth-order valence-electron chi connectivity index (χ4n) is 2.26. The molecule has 0 aliphatic carbocycles. The van der Waals surface area contributed by atoms with Crippen molar-refractivity contribution in [2.24, 2.45) is 11.7 Å². The number of hydrogen-bond acceptors (Lipinski definition) is 4. The van der Waals surface area contributed by atoms with E-state index in [0.717, 1.165) is 24.3 Å². The van der Waals surface area contributed by atoms with Gasteiger partial charge in [-0.15, -0.1) is 0 Å². The van der Waals surface area contributed by atoms with Crippen LogP contribution in [0, 0.1) is 5.92 Å². The third-order valence-electron chi connectivity index (χ3n) is 3.55. The topological polar surface area (TPSA) is 118 Å². The Morgan fingerprint density at radius 1 is 1.21 bits per heavy atom. The minimum atomic E-state index is -4.52. The number of aliphatic carboxylic acids is 1. The second-order valence-corrected chi connectivity index (χ2v) is 6.61. The molecule has 1 amide bonds. The number of aliphatic hydroxyl groups is 1. The van der Waals surface area contributed by atoms with Crippen molar-refractivity contribution in [1.82, 2.24) is 0 Å². The summed E-state index contributed by atoms with van der Waals surface area (Å²) in [5.74, 6) is -3.77. The number of alkyl halides is 3. The SMILES string of the molecule is NC(=O)CCC(C(=O)O)C(O)(Cc1ccc(C(F)(F)F)cc1)[PH2]=O. The Labute approximate surface area is 136 Å². The first kappa shape index (κ1) is 20.2. The van der Waals surface area contributed by atoms with Crippen LogP contribution in [0.2, 0.25) is 0 Å². The highest BCUT2D eigenvalue weighted by Crippen LogP contribution is 2.36. The Hall–Kier alpha value is -1.86. The number of carboxylic acid groups (broad SMARTS) is 1. The largest absolute Gasteiger partial charge is 0.481 e. The summed E-state index contributed by atoms with van der Waals surface area (Å²) in [6.07, 6.45) is -5.59. The summed E-state index contributed by atoms with van der Waals surface area (Å²) in [6, 6.07) is 3.73. The van der Waals surface area contributed by atoms with Gasteiger partial charge < -0.3 is 20.5 Å². The lowest BCUT2D eigenvalue weighted by Gasteiger charge is -2.29. The van der Waals surface area contributed by atoms with Crippen LogP contribution in [0.1, 0.15) is 24.0 Å². The molecule has 1 aromatic carbocycles. The van der Waals surface area contributed by atoms with Crippen LogP contribution in [0.5, 0.6) is 0 Å². The van der Waals surface area contributed by atoms with Gasteiger partial charge in [0.05, 0.1) is 19.9 Å². The van der Waals surface area contributed by atoms with Gasteiger partial charge in [-0.25, -0.2) is 0 Å². The number of amides is 1. The number of nitrogens with two attached hydrogens (primary N) is 1. The van der Waals surface area contributed by atoms with Gasteiger partial charge in [0.15, 0.2) is 0 Å². The van der Waals surface area contributed by atoms with E-state index in [1.165, 1.54) is 0 Å². The van der Waals surface area contributed by atoms with E-state index in [4.69, 9.17) is 5.73 Å². The summed E-state index contributed by atoms with van der Waals surface area (Å²) in [5, 5.41) is 17.4. The van der Waals surface area contributed by atoms with Crippen LogP contribution in [0.15, 0.2) is 24.3 Å². The number of carbonyl (C=O) groups is 2. The molecule has 0 aromatic heterocycles. The molecule has 3 atom stereocenters. The normalized spacial score (nSPS) is 16.0. The molecule has 0 heterocycles. The van der Waals surface area contributed by atoms with Crippen molar-refractivity contribution in [3.63, 3.8) is 0 Å². The molecule has 3 unspecified atom stereocenters. The summed E-state index contributed by atoms with van der Waals surface area (Å²) in [6.45, 7) is 0. The molecule has 1 aromatic rings. The maximum absolute atomic E-state index is 12.5. The second kappa shape index (κ2) is 7.81. The van der Waals surface area contributed by atoms with Gasteiger partial charge in [0.2, 0.25) is 5.91 Å². The van der Waals surface area contributed by atoms with Crippen LogP contribution in [0.4, 0.5) is 13.2 Å². The number of carbonyl (C=O) groups excluding carboxylic acids is 1. The molecule has 4 N–H and O–H groups in total. The molecule has 0 radical (unpaired) electrons. The minimum Gasteiger partial charge on any atom is -0.481 e. The van der Waals surface area contributed by atoms with Gasteiger partial charge in [0, 0.05) is 12.8 Å². The molecule has 24 heavy (non-hydrogen) atoms. The first-order chi connectivity index (χ1) is 11.0. The van der Waals surface area contributed by atoms with E-state index in [0.29, 0.717) is 0 Å². The molecule has 6 nitrogen and oxygen atoms in total. The molecule has 0 saturated carbocycles. The highest BCUT2D eigenvalue weighted by Gasteiger charge is 2.41. The Balaban J connectivity index is 3.02. The summed E-state index contributed by atoms with van der Waals surface area (Å²) in [7, 11) is -2.00. The zero-order valence-electron chi connectivity index (χ0n) is 12.4. The third kappa shape index (κ3) is 5.35. The zero-order chi connectivity index (χ0) is 18.5. The Bertz CT molecular complexity index is 620. The standard InChI is InChI=1S/C14H17F3NO5P/c15-14(16,17)9-3-1-8(2-4-9)7-13(22,24-23)10(12(20)21)5-6-11(18)19/h1-4,10,22H,5-7,24H2,(H2,18,19)(H,20,21). The van der Waals surface area contributed by atoms with Crippen LogP contribution < -0.4 is 5.73 Å². The predicted molar refractivity (Wildman–Crippen MR) is 80.0 cm³/mol. The predicted octanol–water partition coefficient (Wildman–Crippen LogP) is 1.66. The highest BCUT2D eigenvalue weighted by atomic mass is 31.1. The van der Waals surface area contributed by atoms with E-state index in [2.05, 4.69) is 0 Å². The molecule has 0 saturated heterocycles. The summed E-state index contributed by atoms with van der Waals surface area (Å²) >= 11 is 0. The van der Waals surface area contributed by atoms with Crippen molar-refractivity contribution in [1.29, 1.82) is 0 Å². The van der Waals surface area contributed by atoms with Crippen LogP contribution in [0.3, 0.4) is 0 Å². The first-order valence-electron chi connectivity index (χ1n) is 6.85. The van der Waals surface area contributed by atoms with Gasteiger partial charge in [0.25, 0.3) is 0 Å². The van der Waals surface area contributed by atoms with Crippen molar-refractivity contribution in [2.45, 2.75) is 30.8 Å². The lowest BCUT2D eigenvalue weighted by Crippen LogP contribution is -2.40. The third-order valence-corrected chi connectivity index (χ3v) is 4.57. The summed E-state index contributed by atoms with van der Waals surface area (Å²) in [5.41, 5.74) is 4.24. The maximum Gasteiger partial charge on any atom is 0.416 e. The van der Waals surface area contributed by atoms with Gasteiger partial charge in [-0.2, -0.15) is 13.2 Å². The van der Waals surface area contributed by atoms with E-state index in [-0.39, 0.29) is 18.4 Å². The molecule has 0 aliphatic rings. The number of primary amides is 1. The molecular weight excluding hydrogens is 350 g/mol. The van der Waals surface area contributed by atoms with Crippen molar-refractivity contribution in [2.75, 3.05) is 0 Å². The van der Waals surface area contributed by atoms with E-state index in [1.54, 1.807) is 0 Å². The number of halogens is 3. The molecule has 134 valence electrons. The van der Waals surface area contributed by atoms with Gasteiger partial charge in [-0.3, -0.25) is 9.59 Å². The Kier molecular flexibility index (Phi) is 6.57. The second-order valence-electron chi connectivity index (χ2n) is 5.38.